The van der Waals surface area contributed by atoms with Crippen LogP contribution in [0.3, 0.4) is 0 Å². The lowest BCUT2D eigenvalue weighted by Gasteiger charge is -2.10. The number of nitrogens with zero attached hydrogens (tertiary/aromatic N) is 2. The van der Waals surface area contributed by atoms with E-state index in [-0.39, 0.29) is 0 Å². The molecule has 1 N–H and O–H groups in total. The summed E-state index contributed by atoms with van der Waals surface area (Å²) in [6.07, 6.45) is 7.77. The van der Waals surface area contributed by atoms with Gasteiger partial charge in [-0.25, -0.2) is 4.98 Å². The number of methoxy groups -OCH3 is 1. The van der Waals surface area contributed by atoms with Gasteiger partial charge < -0.3 is 10.1 Å². The number of aromatic nitrogens is 2. The molecule has 0 spiro atoms. The van der Waals surface area contributed by atoms with Gasteiger partial charge in [0, 0.05) is 29.9 Å². The summed E-state index contributed by atoms with van der Waals surface area (Å²) in [7, 11) is 1.69. The first-order valence-corrected chi connectivity index (χ1v) is 9.16. The van der Waals surface area contributed by atoms with Crippen LogP contribution in [0.25, 0.3) is 23.1 Å². The fourth-order valence-electron chi connectivity index (χ4n) is 3.05. The third kappa shape index (κ3) is 4.18. The molecule has 0 aliphatic heterocycles. The van der Waals surface area contributed by atoms with Gasteiger partial charge in [-0.2, -0.15) is 0 Å². The Morgan fingerprint density at radius 1 is 0.893 bits per heavy atom. The van der Waals surface area contributed by atoms with Gasteiger partial charge in [-0.1, -0.05) is 36.4 Å². The summed E-state index contributed by atoms with van der Waals surface area (Å²) in [6.45, 7) is 0.662. The van der Waals surface area contributed by atoms with Crippen LogP contribution in [0.4, 0.5) is 5.82 Å². The summed E-state index contributed by atoms with van der Waals surface area (Å²) in [4.78, 5) is 8.76. The molecule has 0 aliphatic rings. The predicted octanol–water partition coefficient (Wildman–Crippen LogP) is 5.42. The molecule has 4 nitrogen and oxygen atoms in total. The fraction of sp³-hybridized carbons (Fsp3) is 0.0833. The molecule has 0 bridgehead atoms. The largest absolute Gasteiger partial charge is 0.496 e. The zero-order valence-electron chi connectivity index (χ0n) is 15.7. The Balaban J connectivity index is 1.49. The smallest absolute Gasteiger partial charge is 0.126 e. The topological polar surface area (TPSA) is 47.0 Å². The number of hydrogen-bond acceptors (Lipinski definition) is 4. The number of pyridine rings is 2. The van der Waals surface area contributed by atoms with Crippen LogP contribution < -0.4 is 10.1 Å². The van der Waals surface area contributed by atoms with Gasteiger partial charge in [0.2, 0.25) is 0 Å². The number of rotatable bonds is 6. The van der Waals surface area contributed by atoms with Crippen LogP contribution in [0.15, 0.2) is 79.1 Å². The zero-order valence-corrected chi connectivity index (χ0v) is 15.7. The SMILES string of the molecule is COc1ccccc1CNc1ccc2cc(/C=C/c3ccncc3)ccc2n1. The Bertz CT molecular complexity index is 1110. The predicted molar refractivity (Wildman–Crippen MR) is 115 cm³/mol. The summed E-state index contributed by atoms with van der Waals surface area (Å²) in [5.74, 6) is 1.72. The molecule has 4 aromatic rings. The average Bonchev–Trinajstić information content (AvgIpc) is 2.77. The standard InChI is InChI=1S/C24H21N3O/c1-28-23-5-3-2-4-21(23)17-26-24-11-9-20-16-19(8-10-22(20)27-24)7-6-18-12-14-25-15-13-18/h2-16H,17H2,1H3,(H,26,27)/b7-6+. The Morgan fingerprint density at radius 2 is 1.71 bits per heavy atom. The highest BCUT2D eigenvalue weighted by atomic mass is 16.5. The van der Waals surface area contributed by atoms with Crippen molar-refractivity contribution in [2.75, 3.05) is 12.4 Å². The van der Waals surface area contributed by atoms with Gasteiger partial charge in [-0.15, -0.1) is 0 Å². The van der Waals surface area contributed by atoms with Crippen molar-refractivity contribution < 1.29 is 4.74 Å². The van der Waals surface area contributed by atoms with E-state index in [9.17, 15) is 0 Å². The molecule has 138 valence electrons. The van der Waals surface area contributed by atoms with E-state index in [1.54, 1.807) is 19.5 Å². The van der Waals surface area contributed by atoms with E-state index in [2.05, 4.69) is 46.7 Å². The highest BCUT2D eigenvalue weighted by Crippen LogP contribution is 2.21. The van der Waals surface area contributed by atoms with Crippen LogP contribution in [0.1, 0.15) is 16.7 Å². The quantitative estimate of drug-likeness (QED) is 0.494. The van der Waals surface area contributed by atoms with Crippen LogP contribution in [0, 0.1) is 0 Å². The first kappa shape index (κ1) is 17.7. The normalized spacial score (nSPS) is 11.0. The lowest BCUT2D eigenvalue weighted by atomic mass is 10.1. The molecular formula is C24H21N3O. The molecule has 0 aliphatic carbocycles. The first-order chi connectivity index (χ1) is 13.8. The summed E-state index contributed by atoms with van der Waals surface area (Å²) < 4.78 is 5.40. The molecule has 0 amide bonds. The summed E-state index contributed by atoms with van der Waals surface area (Å²) in [5.41, 5.74) is 4.33. The van der Waals surface area contributed by atoms with E-state index in [0.29, 0.717) is 6.54 Å². The zero-order chi connectivity index (χ0) is 19.2. The van der Waals surface area contributed by atoms with E-state index in [1.807, 2.05) is 42.5 Å². The second kappa shape index (κ2) is 8.35. The van der Waals surface area contributed by atoms with Crippen molar-refractivity contribution in [2.24, 2.45) is 0 Å². The minimum absolute atomic E-state index is 0.662. The van der Waals surface area contributed by atoms with Crippen LogP contribution in [-0.2, 0) is 6.54 Å². The molecular weight excluding hydrogens is 346 g/mol. The lowest BCUT2D eigenvalue weighted by Crippen LogP contribution is -2.03. The van der Waals surface area contributed by atoms with E-state index in [4.69, 9.17) is 9.72 Å². The maximum absolute atomic E-state index is 5.40. The van der Waals surface area contributed by atoms with Crippen molar-refractivity contribution in [3.8, 4) is 5.75 Å². The summed E-state index contributed by atoms with van der Waals surface area (Å²) in [6, 6.07) is 22.3. The van der Waals surface area contributed by atoms with Gasteiger partial charge in [0.25, 0.3) is 0 Å². The highest BCUT2D eigenvalue weighted by Gasteiger charge is 2.03. The van der Waals surface area contributed by atoms with Gasteiger partial charge in [0.05, 0.1) is 12.6 Å². The monoisotopic (exact) mass is 367 g/mol. The van der Waals surface area contributed by atoms with E-state index in [1.165, 1.54) is 0 Å². The van der Waals surface area contributed by atoms with E-state index in [0.717, 1.165) is 39.2 Å². The minimum atomic E-state index is 0.662. The van der Waals surface area contributed by atoms with Gasteiger partial charge in [-0.3, -0.25) is 4.98 Å². The number of anilines is 1. The third-order valence-electron chi connectivity index (χ3n) is 4.54. The van der Waals surface area contributed by atoms with Crippen LogP contribution >= 0.6 is 0 Å². The summed E-state index contributed by atoms with van der Waals surface area (Å²) in [5, 5.41) is 4.49. The average molecular weight is 367 g/mol. The van der Waals surface area contributed by atoms with Crippen molar-refractivity contribution in [3.05, 3.63) is 95.8 Å². The maximum Gasteiger partial charge on any atom is 0.126 e. The number of para-hydroxylation sites is 1. The Hall–Kier alpha value is -3.66. The lowest BCUT2D eigenvalue weighted by molar-refractivity contribution is 0.410. The molecule has 0 radical (unpaired) electrons. The molecule has 2 aromatic carbocycles. The minimum Gasteiger partial charge on any atom is -0.496 e. The second-order valence-corrected chi connectivity index (χ2v) is 6.43. The van der Waals surface area contributed by atoms with Crippen molar-refractivity contribution in [2.45, 2.75) is 6.54 Å². The Morgan fingerprint density at radius 3 is 2.57 bits per heavy atom. The van der Waals surface area contributed by atoms with Crippen LogP contribution in [0.2, 0.25) is 0 Å². The van der Waals surface area contributed by atoms with Gasteiger partial charge >= 0.3 is 0 Å². The molecule has 4 heteroatoms. The van der Waals surface area contributed by atoms with Crippen molar-refractivity contribution in [3.63, 3.8) is 0 Å². The van der Waals surface area contributed by atoms with Gasteiger partial charge in [-0.05, 0) is 53.6 Å². The van der Waals surface area contributed by atoms with Crippen LogP contribution in [-0.4, -0.2) is 17.1 Å². The molecule has 2 aromatic heterocycles. The Labute approximate surface area is 164 Å². The van der Waals surface area contributed by atoms with E-state index >= 15 is 0 Å². The first-order valence-electron chi connectivity index (χ1n) is 9.16. The van der Waals surface area contributed by atoms with Crippen molar-refractivity contribution in [1.82, 2.24) is 9.97 Å². The van der Waals surface area contributed by atoms with Gasteiger partial charge in [0.1, 0.15) is 11.6 Å². The highest BCUT2D eigenvalue weighted by molar-refractivity contribution is 5.84. The van der Waals surface area contributed by atoms with Crippen molar-refractivity contribution in [1.29, 1.82) is 0 Å². The maximum atomic E-state index is 5.40. The number of benzene rings is 2. The fourth-order valence-corrected chi connectivity index (χ4v) is 3.05. The number of hydrogen-bond donors (Lipinski definition) is 1. The van der Waals surface area contributed by atoms with Crippen LogP contribution in [0.5, 0.6) is 5.75 Å². The molecule has 0 saturated carbocycles. The molecule has 28 heavy (non-hydrogen) atoms. The Kier molecular flexibility index (Phi) is 5.29. The second-order valence-electron chi connectivity index (χ2n) is 6.43. The summed E-state index contributed by atoms with van der Waals surface area (Å²) >= 11 is 0. The third-order valence-corrected chi connectivity index (χ3v) is 4.54. The molecule has 2 heterocycles. The molecule has 4 rings (SSSR count). The number of nitrogens with one attached hydrogen (secondary N) is 1. The molecule has 0 unspecified atom stereocenters. The number of fused-ring (bicyclic) bond motifs is 1. The molecule has 0 fully saturated rings. The van der Waals surface area contributed by atoms with Crippen molar-refractivity contribution >= 4 is 28.9 Å². The van der Waals surface area contributed by atoms with E-state index < -0.39 is 0 Å². The van der Waals surface area contributed by atoms with Gasteiger partial charge in [0.15, 0.2) is 0 Å². The molecule has 0 saturated heterocycles. The number of ether oxygens (including phenoxy) is 1. The molecule has 0 atom stereocenters.